The second-order valence-corrected chi connectivity index (χ2v) is 12.1. The summed E-state index contributed by atoms with van der Waals surface area (Å²) in [5, 5.41) is 28.9. The van der Waals surface area contributed by atoms with Gasteiger partial charge in [-0.1, -0.05) is 59.8 Å². The molecule has 0 saturated carbocycles. The molecule has 0 fully saturated rings. The number of carboxylic acids is 1. The zero-order valence-corrected chi connectivity index (χ0v) is 27.5. The predicted molar refractivity (Wildman–Crippen MR) is 190 cm³/mol. The van der Waals surface area contributed by atoms with Crippen molar-refractivity contribution >= 4 is 55.7 Å². The quantitative estimate of drug-likeness (QED) is 0.0842. The predicted octanol–water partition coefficient (Wildman–Crippen LogP) is 8.17. The Morgan fingerprint density at radius 2 is 1.52 bits per heavy atom. The average Bonchev–Trinajstić information content (AvgIpc) is 3.51. The third-order valence-corrected chi connectivity index (χ3v) is 8.88. The molecular formula is C37H32BrN5O5. The molecule has 5 aromatic carbocycles. The number of anilines is 4. The Balaban J connectivity index is 1.29. The van der Waals surface area contributed by atoms with Crippen LogP contribution in [0.4, 0.5) is 22.9 Å². The minimum Gasteiger partial charge on any atom is -0.486 e. The van der Waals surface area contributed by atoms with Crippen LogP contribution in [0.25, 0.3) is 22.1 Å². The summed E-state index contributed by atoms with van der Waals surface area (Å²) in [6.07, 6.45) is 0. The molecule has 1 aromatic heterocycles. The summed E-state index contributed by atoms with van der Waals surface area (Å²) in [5.74, 6) is -0.345. The molecule has 0 aliphatic carbocycles. The van der Waals surface area contributed by atoms with Gasteiger partial charge in [0.25, 0.3) is 0 Å². The van der Waals surface area contributed by atoms with Gasteiger partial charge in [0.15, 0.2) is 28.7 Å². The van der Waals surface area contributed by atoms with Crippen molar-refractivity contribution in [3.63, 3.8) is 0 Å². The van der Waals surface area contributed by atoms with Crippen molar-refractivity contribution in [2.75, 3.05) is 29.2 Å². The summed E-state index contributed by atoms with van der Waals surface area (Å²) >= 11 is 3.81. The van der Waals surface area contributed by atoms with Crippen LogP contribution in [-0.4, -0.2) is 35.5 Å². The van der Waals surface area contributed by atoms with E-state index in [-0.39, 0.29) is 0 Å². The van der Waals surface area contributed by atoms with Crippen LogP contribution in [0.1, 0.15) is 12.5 Å². The van der Waals surface area contributed by atoms with E-state index in [9.17, 15) is 9.90 Å². The molecule has 6 aromatic rings. The van der Waals surface area contributed by atoms with Gasteiger partial charge in [0, 0.05) is 21.4 Å². The number of benzene rings is 5. The lowest BCUT2D eigenvalue weighted by Gasteiger charge is -2.40. The number of hydrogen-bond acceptors (Lipinski definition) is 9. The first-order valence-corrected chi connectivity index (χ1v) is 16.2. The highest BCUT2D eigenvalue weighted by atomic mass is 79.9. The van der Waals surface area contributed by atoms with Gasteiger partial charge >= 0.3 is 5.97 Å². The zero-order valence-electron chi connectivity index (χ0n) is 25.9. The highest BCUT2D eigenvalue weighted by molar-refractivity contribution is 9.10. The minimum atomic E-state index is -1.28. The highest BCUT2D eigenvalue weighted by Gasteiger charge is 2.36. The Hall–Kier alpha value is -5.52. The van der Waals surface area contributed by atoms with E-state index in [0.717, 1.165) is 38.4 Å². The second kappa shape index (κ2) is 13.3. The lowest BCUT2D eigenvalue weighted by Crippen LogP contribution is -2.59. The highest BCUT2D eigenvalue weighted by Crippen LogP contribution is 2.41. The van der Waals surface area contributed by atoms with Gasteiger partial charge in [-0.15, -0.1) is 0 Å². The molecule has 0 saturated heterocycles. The Bertz CT molecular complexity index is 2030. The largest absolute Gasteiger partial charge is 0.486 e. The second-order valence-electron chi connectivity index (χ2n) is 11.3. The maximum atomic E-state index is 12.2. The van der Waals surface area contributed by atoms with E-state index in [1.807, 2.05) is 115 Å². The fourth-order valence-corrected chi connectivity index (χ4v) is 6.24. The van der Waals surface area contributed by atoms with Gasteiger partial charge in [0.05, 0.1) is 11.1 Å². The summed E-state index contributed by atoms with van der Waals surface area (Å²) in [7, 11) is 0. The van der Waals surface area contributed by atoms with E-state index in [1.165, 1.54) is 0 Å². The third-order valence-electron chi connectivity index (χ3n) is 8.02. The number of para-hydroxylation sites is 2. The van der Waals surface area contributed by atoms with E-state index in [4.69, 9.17) is 14.0 Å². The fourth-order valence-electron chi connectivity index (χ4n) is 5.65. The van der Waals surface area contributed by atoms with E-state index < -0.39 is 17.8 Å². The van der Waals surface area contributed by atoms with Gasteiger partial charge in [-0.05, 0) is 94.6 Å². The molecule has 2 heterocycles. The van der Waals surface area contributed by atoms with Gasteiger partial charge in [-0.25, -0.2) is 0 Å². The number of aromatic nitrogens is 1. The molecule has 7 rings (SSSR count). The summed E-state index contributed by atoms with van der Waals surface area (Å²) < 4.78 is 18.1. The number of fused-ring (bicyclic) bond motifs is 2. The summed E-state index contributed by atoms with van der Waals surface area (Å²) in [6, 6.07) is 35.7. The van der Waals surface area contributed by atoms with Gasteiger partial charge in [-0.2, -0.15) is 0 Å². The molecule has 242 valence electrons. The van der Waals surface area contributed by atoms with Crippen LogP contribution in [0.3, 0.4) is 0 Å². The smallest absolute Gasteiger partial charge is 0.320 e. The van der Waals surface area contributed by atoms with Crippen LogP contribution < -0.4 is 30.7 Å². The molecule has 48 heavy (non-hydrogen) atoms. The Kier molecular flexibility index (Phi) is 8.62. The molecule has 5 N–H and O–H groups in total. The summed E-state index contributed by atoms with van der Waals surface area (Å²) in [4.78, 5) is 12.2. The number of carboxylic acid groups (broad SMARTS) is 1. The number of rotatable bonds is 11. The van der Waals surface area contributed by atoms with Crippen molar-refractivity contribution in [2.45, 2.75) is 18.8 Å². The normalized spacial score (nSPS) is 13.1. The number of carbonyl (C=O) groups is 1. The number of halogens is 1. The lowest BCUT2D eigenvalue weighted by molar-refractivity contribution is -0.139. The van der Waals surface area contributed by atoms with Crippen LogP contribution in [0.15, 0.2) is 124 Å². The van der Waals surface area contributed by atoms with Crippen LogP contribution in [0, 0.1) is 0 Å². The van der Waals surface area contributed by atoms with E-state index in [0.29, 0.717) is 41.3 Å². The van der Waals surface area contributed by atoms with Crippen LogP contribution >= 0.6 is 15.9 Å². The molecule has 1 aliphatic rings. The molecule has 1 atom stereocenters. The number of nitrogens with zero attached hydrogens (tertiary/aromatic N) is 1. The first-order chi connectivity index (χ1) is 23.4. The molecule has 0 amide bonds. The lowest BCUT2D eigenvalue weighted by atomic mass is 10.0. The van der Waals surface area contributed by atoms with Gasteiger partial charge < -0.3 is 35.1 Å². The first kappa shape index (κ1) is 31.1. The molecule has 0 unspecified atom stereocenters. The number of aliphatic carboxylic acids is 1. The molecule has 0 spiro atoms. The monoisotopic (exact) mass is 705 g/mol. The third kappa shape index (κ3) is 6.38. The van der Waals surface area contributed by atoms with Crippen molar-refractivity contribution in [1.29, 1.82) is 0 Å². The van der Waals surface area contributed by atoms with Crippen molar-refractivity contribution in [3.8, 4) is 22.6 Å². The molecule has 0 radical (unpaired) electrons. The van der Waals surface area contributed by atoms with Crippen molar-refractivity contribution in [1.82, 2.24) is 10.5 Å². The van der Waals surface area contributed by atoms with E-state index in [2.05, 4.69) is 42.4 Å². The summed E-state index contributed by atoms with van der Waals surface area (Å²) in [5.41, 5.74) is 5.49. The number of nitrogens with one attached hydrogen (secondary N) is 4. The molecule has 11 heteroatoms. The fraction of sp³-hybridized carbons (Fsp3) is 0.135. The molecule has 10 nitrogen and oxygen atoms in total. The van der Waals surface area contributed by atoms with Gasteiger partial charge in [-0.3, -0.25) is 10.1 Å². The SMILES string of the molecule is C[C@H](NC(Nc1ccccc1)(Nc1ccccc1)c1ccc2onc(Nc3cccc(-c4ccc5c(c4)OCCO5)c3Br)c2c1)C(=O)O. The standard InChI is InChI=1S/C37H32BrN5O5/c1-23(36(44)45)40-37(41-26-9-4-2-5-10-26,42-27-11-6-3-7-12-27)25-16-18-31-29(22-25)35(43-48-31)39-30-14-8-13-28(34(30)38)24-15-17-32-33(21-24)47-20-19-46-32/h2-18,21-23,40-42H,19-20H2,1H3,(H,39,43)(H,44,45)/t23-/m0/s1. The molecular weight excluding hydrogens is 674 g/mol. The number of hydrogen-bond donors (Lipinski definition) is 5. The van der Waals surface area contributed by atoms with Crippen molar-refractivity contribution in [2.24, 2.45) is 0 Å². The Labute approximate surface area is 285 Å². The van der Waals surface area contributed by atoms with Gasteiger partial charge in [0.2, 0.25) is 0 Å². The Morgan fingerprint density at radius 1 is 0.833 bits per heavy atom. The van der Waals surface area contributed by atoms with E-state index >= 15 is 0 Å². The van der Waals surface area contributed by atoms with Gasteiger partial charge in [0.1, 0.15) is 19.3 Å². The maximum absolute atomic E-state index is 12.2. The minimum absolute atomic E-state index is 0.492. The summed E-state index contributed by atoms with van der Waals surface area (Å²) in [6.45, 7) is 2.64. The first-order valence-electron chi connectivity index (χ1n) is 15.4. The van der Waals surface area contributed by atoms with Crippen LogP contribution in [0.2, 0.25) is 0 Å². The molecule has 1 aliphatic heterocycles. The molecule has 0 bridgehead atoms. The average molecular weight is 707 g/mol. The Morgan fingerprint density at radius 3 is 2.21 bits per heavy atom. The topological polar surface area (TPSA) is 130 Å². The zero-order chi connectivity index (χ0) is 33.1. The van der Waals surface area contributed by atoms with Crippen molar-refractivity contribution in [3.05, 3.63) is 125 Å². The van der Waals surface area contributed by atoms with Crippen molar-refractivity contribution < 1.29 is 23.9 Å². The van der Waals surface area contributed by atoms with E-state index in [1.54, 1.807) is 6.92 Å². The maximum Gasteiger partial charge on any atom is 0.320 e. The van der Waals surface area contributed by atoms with Crippen LogP contribution in [0.5, 0.6) is 11.5 Å². The van der Waals surface area contributed by atoms with Crippen LogP contribution in [-0.2, 0) is 10.6 Å². The number of ether oxygens (including phenoxy) is 2.